The summed E-state index contributed by atoms with van der Waals surface area (Å²) in [4.78, 5) is 34.6. The van der Waals surface area contributed by atoms with Crippen LogP contribution in [0, 0.1) is 0 Å². The van der Waals surface area contributed by atoms with Gasteiger partial charge in [0.15, 0.2) is 11.6 Å². The maximum absolute atomic E-state index is 12.0. The number of Topliss-reactive ketones (excluding diaryl/α,β-unsaturated/α-hetero) is 2. The van der Waals surface area contributed by atoms with Gasteiger partial charge in [-0.15, -0.1) is 24.4 Å². The number of benzene rings is 2. The normalized spacial score (nSPS) is 13.9. The van der Waals surface area contributed by atoms with Crippen molar-refractivity contribution in [3.05, 3.63) is 59.7 Å². The number of aldehydes is 1. The van der Waals surface area contributed by atoms with Crippen molar-refractivity contribution in [1.82, 2.24) is 0 Å². The third kappa shape index (κ3) is 14.6. The lowest BCUT2D eigenvalue weighted by atomic mass is 10.0. The van der Waals surface area contributed by atoms with Crippen LogP contribution in [0.2, 0.25) is 0 Å². The predicted octanol–water partition coefficient (Wildman–Crippen LogP) is 9.82. The van der Waals surface area contributed by atoms with E-state index in [-0.39, 0.29) is 5.78 Å². The van der Waals surface area contributed by atoms with Gasteiger partial charge < -0.3 is 4.79 Å². The van der Waals surface area contributed by atoms with Crippen LogP contribution in [0.1, 0.15) is 125 Å². The summed E-state index contributed by atoms with van der Waals surface area (Å²) in [6.45, 7) is 5.97. The molecular formula is C32H46O3S2. The van der Waals surface area contributed by atoms with Gasteiger partial charge in [-0.25, -0.2) is 0 Å². The molecular weight excluding hydrogens is 496 g/mol. The molecule has 0 radical (unpaired) electrons. The number of carbonyl (C=O) groups is 3. The van der Waals surface area contributed by atoms with Gasteiger partial charge in [0.05, 0.1) is 0 Å². The minimum Gasteiger partial charge on any atom is -0.303 e. The summed E-state index contributed by atoms with van der Waals surface area (Å²) >= 11 is 6.02. The van der Waals surface area contributed by atoms with Crippen molar-refractivity contribution in [1.29, 1.82) is 0 Å². The molecule has 1 atom stereocenters. The fraction of sp³-hybridized carbons (Fsp3) is 0.531. The molecule has 3 nitrogen and oxygen atoms in total. The van der Waals surface area contributed by atoms with E-state index in [2.05, 4.69) is 32.5 Å². The quantitative estimate of drug-likeness (QED) is 0.118. The molecule has 0 saturated heterocycles. The number of thiol groups is 1. The van der Waals surface area contributed by atoms with Crippen LogP contribution in [0.4, 0.5) is 0 Å². The van der Waals surface area contributed by atoms with Crippen molar-refractivity contribution in [2.24, 2.45) is 0 Å². The molecule has 1 aliphatic rings. The lowest BCUT2D eigenvalue weighted by molar-refractivity contribution is -0.107. The number of ketones is 2. The van der Waals surface area contributed by atoms with Gasteiger partial charge in [-0.05, 0) is 31.9 Å². The first kappa shape index (κ1) is 33.2. The standard InChI is InChI=1S/C16H22OS.C8H8OS.C8H16O/c1-2-3-4-5-6-9-13-12-15(17)14-10-7-8-11-16(14)18-13;1-6(9)7-4-2-3-5-8(7)10;1-2-3-4-5-6-7-8-9/h7-8,10-11,13H,2-6,9,12H2,1H3;2-5,10H,1H3;8H,2-7H2,1H3. The summed E-state index contributed by atoms with van der Waals surface area (Å²) in [5.74, 6) is 0.397. The first-order valence-corrected chi connectivity index (χ1v) is 15.3. The van der Waals surface area contributed by atoms with E-state index in [1.165, 1.54) is 76.0 Å². The Bertz CT molecular complexity index is 926. The van der Waals surface area contributed by atoms with Gasteiger partial charge in [0.2, 0.25) is 0 Å². The second kappa shape index (κ2) is 21.1. The molecule has 2 aromatic carbocycles. The predicted molar refractivity (Wildman–Crippen MR) is 162 cm³/mol. The lowest BCUT2D eigenvalue weighted by Gasteiger charge is -2.22. The van der Waals surface area contributed by atoms with Crippen LogP contribution in [0.25, 0.3) is 0 Å². The minimum atomic E-state index is 0.0607. The molecule has 204 valence electrons. The molecule has 1 heterocycles. The van der Waals surface area contributed by atoms with Crippen LogP contribution < -0.4 is 0 Å². The summed E-state index contributed by atoms with van der Waals surface area (Å²) in [5, 5.41) is 0.508. The Kier molecular flexibility index (Phi) is 18.9. The molecule has 0 bridgehead atoms. The molecule has 0 N–H and O–H groups in total. The third-order valence-electron chi connectivity index (χ3n) is 6.23. The Hall–Kier alpha value is -1.85. The second-order valence-corrected chi connectivity index (χ2v) is 11.3. The average Bonchev–Trinajstić information content (AvgIpc) is 2.89. The van der Waals surface area contributed by atoms with Gasteiger partial charge in [0.25, 0.3) is 0 Å². The first-order valence-electron chi connectivity index (χ1n) is 14.0. The van der Waals surface area contributed by atoms with E-state index in [0.29, 0.717) is 16.6 Å². The number of hydrogen-bond acceptors (Lipinski definition) is 5. The molecule has 2 aromatic rings. The van der Waals surface area contributed by atoms with E-state index >= 15 is 0 Å². The maximum Gasteiger partial charge on any atom is 0.165 e. The zero-order chi connectivity index (χ0) is 27.3. The SMILES string of the molecule is CC(=O)c1ccccc1S.CCCCCCCC1CC(=O)c2ccccc2S1.CCCCCCCC=O. The molecule has 37 heavy (non-hydrogen) atoms. The van der Waals surface area contributed by atoms with Crippen LogP contribution in [-0.4, -0.2) is 23.1 Å². The molecule has 0 saturated carbocycles. The summed E-state index contributed by atoms with van der Waals surface area (Å²) in [7, 11) is 0. The monoisotopic (exact) mass is 542 g/mol. The van der Waals surface area contributed by atoms with Gasteiger partial charge >= 0.3 is 0 Å². The van der Waals surface area contributed by atoms with Crippen molar-refractivity contribution in [2.45, 2.75) is 119 Å². The molecule has 1 unspecified atom stereocenters. The van der Waals surface area contributed by atoms with Crippen LogP contribution in [0.15, 0.2) is 58.3 Å². The number of hydrogen-bond donors (Lipinski definition) is 1. The van der Waals surface area contributed by atoms with Crippen molar-refractivity contribution < 1.29 is 14.4 Å². The average molecular weight is 543 g/mol. The molecule has 0 fully saturated rings. The molecule has 1 aliphatic heterocycles. The second-order valence-electron chi connectivity index (χ2n) is 9.51. The fourth-order valence-electron chi connectivity index (χ4n) is 4.08. The van der Waals surface area contributed by atoms with Crippen LogP contribution in [-0.2, 0) is 4.79 Å². The molecule has 0 aromatic heterocycles. The Morgan fingerprint density at radius 3 is 2.08 bits per heavy atom. The summed E-state index contributed by atoms with van der Waals surface area (Å²) in [6, 6.07) is 15.3. The van der Waals surface area contributed by atoms with E-state index in [0.717, 1.165) is 36.0 Å². The fourth-order valence-corrected chi connectivity index (χ4v) is 5.74. The Balaban J connectivity index is 0.000000306. The highest BCUT2D eigenvalue weighted by atomic mass is 32.2. The maximum atomic E-state index is 12.0. The van der Waals surface area contributed by atoms with Gasteiger partial charge in [0, 0.05) is 39.0 Å². The number of carbonyl (C=O) groups excluding carboxylic acids is 3. The highest BCUT2D eigenvalue weighted by Gasteiger charge is 2.24. The molecule has 0 aliphatic carbocycles. The molecule has 0 spiro atoms. The summed E-state index contributed by atoms with van der Waals surface area (Å²) in [5.41, 5.74) is 1.62. The zero-order valence-corrected chi connectivity index (χ0v) is 24.8. The molecule has 3 rings (SSSR count). The van der Waals surface area contributed by atoms with E-state index in [9.17, 15) is 14.4 Å². The van der Waals surface area contributed by atoms with E-state index in [1.54, 1.807) is 12.1 Å². The van der Waals surface area contributed by atoms with Crippen molar-refractivity contribution in [2.75, 3.05) is 0 Å². The third-order valence-corrected chi connectivity index (χ3v) is 7.97. The largest absolute Gasteiger partial charge is 0.303 e. The number of rotatable bonds is 13. The Labute approximate surface area is 235 Å². The summed E-state index contributed by atoms with van der Waals surface area (Å²) in [6.07, 6.45) is 16.5. The summed E-state index contributed by atoms with van der Waals surface area (Å²) < 4.78 is 0. The smallest absolute Gasteiger partial charge is 0.165 e. The minimum absolute atomic E-state index is 0.0607. The van der Waals surface area contributed by atoms with Crippen LogP contribution in [0.3, 0.4) is 0 Å². The Morgan fingerprint density at radius 1 is 0.892 bits per heavy atom. The highest BCUT2D eigenvalue weighted by Crippen LogP contribution is 2.37. The van der Waals surface area contributed by atoms with Crippen molar-refractivity contribution in [3.8, 4) is 0 Å². The Morgan fingerprint density at radius 2 is 1.49 bits per heavy atom. The van der Waals surface area contributed by atoms with E-state index < -0.39 is 0 Å². The van der Waals surface area contributed by atoms with Gasteiger partial charge in [-0.1, -0.05) is 108 Å². The van der Waals surface area contributed by atoms with Crippen molar-refractivity contribution in [3.63, 3.8) is 0 Å². The van der Waals surface area contributed by atoms with Gasteiger partial charge in [-0.3, -0.25) is 9.59 Å². The number of unbranched alkanes of at least 4 members (excludes halogenated alkanes) is 9. The van der Waals surface area contributed by atoms with Crippen LogP contribution >= 0.6 is 24.4 Å². The van der Waals surface area contributed by atoms with Gasteiger partial charge in [0.1, 0.15) is 6.29 Å². The zero-order valence-electron chi connectivity index (χ0n) is 23.0. The lowest BCUT2D eigenvalue weighted by Crippen LogP contribution is -2.17. The first-order chi connectivity index (χ1) is 17.9. The van der Waals surface area contributed by atoms with E-state index in [1.807, 2.05) is 42.1 Å². The number of thioether (sulfide) groups is 1. The molecule has 5 heteroatoms. The van der Waals surface area contributed by atoms with Crippen LogP contribution in [0.5, 0.6) is 0 Å². The number of fused-ring (bicyclic) bond motifs is 1. The van der Waals surface area contributed by atoms with Gasteiger partial charge in [-0.2, -0.15) is 0 Å². The van der Waals surface area contributed by atoms with E-state index in [4.69, 9.17) is 0 Å². The molecule has 0 amide bonds. The highest BCUT2D eigenvalue weighted by molar-refractivity contribution is 8.00. The van der Waals surface area contributed by atoms with Crippen molar-refractivity contribution >= 4 is 42.2 Å². The topological polar surface area (TPSA) is 51.2 Å².